The minimum Gasteiger partial charge on any atom is -0.301 e. The molecule has 17 heavy (non-hydrogen) atoms. The number of hydrogen-bond donors (Lipinski definition) is 2. The molecular formula is C13H24F2N2. The van der Waals surface area contributed by atoms with Crippen LogP contribution in [0.3, 0.4) is 0 Å². The molecule has 2 fully saturated rings. The van der Waals surface area contributed by atoms with Crippen molar-refractivity contribution in [2.45, 2.75) is 57.5 Å². The molecule has 2 nitrogen and oxygen atoms in total. The first kappa shape index (κ1) is 13.2. The van der Waals surface area contributed by atoms with Crippen LogP contribution in [0, 0.1) is 11.8 Å². The first-order valence-electron chi connectivity index (χ1n) is 6.95. The van der Waals surface area contributed by atoms with E-state index in [-0.39, 0.29) is 18.5 Å². The Morgan fingerprint density at radius 3 is 2.41 bits per heavy atom. The predicted octanol–water partition coefficient (Wildman–Crippen LogP) is 2.40. The van der Waals surface area contributed by atoms with Crippen molar-refractivity contribution in [3.63, 3.8) is 0 Å². The van der Waals surface area contributed by atoms with Crippen LogP contribution >= 0.6 is 0 Å². The van der Waals surface area contributed by atoms with Gasteiger partial charge in [0.25, 0.3) is 0 Å². The predicted molar refractivity (Wildman–Crippen MR) is 65.3 cm³/mol. The molecule has 2 rings (SSSR count). The zero-order valence-corrected chi connectivity index (χ0v) is 10.6. The number of alkyl halides is 2. The van der Waals surface area contributed by atoms with Crippen LogP contribution in [0.1, 0.15) is 39.0 Å². The molecule has 4 heteroatoms. The highest BCUT2D eigenvalue weighted by Crippen LogP contribution is 2.31. The third-order valence-electron chi connectivity index (χ3n) is 4.14. The van der Waals surface area contributed by atoms with E-state index in [1.165, 1.54) is 12.8 Å². The summed E-state index contributed by atoms with van der Waals surface area (Å²) in [5.74, 6) is 0.608. The minimum atomic E-state index is -0.994. The summed E-state index contributed by atoms with van der Waals surface area (Å²) in [6, 6.07) is 0. The lowest BCUT2D eigenvalue weighted by molar-refractivity contribution is 0.0587. The second kappa shape index (κ2) is 6.10. The van der Waals surface area contributed by atoms with Crippen molar-refractivity contribution >= 4 is 0 Å². The Kier molecular flexibility index (Phi) is 4.74. The second-order valence-electron chi connectivity index (χ2n) is 5.54. The standard InChI is InChI=1S/C13H24F2N2/c1-2-3-9-7-16-13(17-8-9)11-5-4-10(14)6-12(11)15/h9-13,16-17H,2-8H2,1H3. The number of nitrogens with one attached hydrogen (secondary N) is 2. The van der Waals surface area contributed by atoms with Crippen LogP contribution in [0.15, 0.2) is 0 Å². The van der Waals surface area contributed by atoms with Gasteiger partial charge in [0.1, 0.15) is 12.3 Å². The SMILES string of the molecule is CCCC1CNC(C2CCC(F)CC2F)NC1. The van der Waals surface area contributed by atoms with Gasteiger partial charge in [-0.3, -0.25) is 0 Å². The van der Waals surface area contributed by atoms with Gasteiger partial charge in [-0.1, -0.05) is 13.3 Å². The third-order valence-corrected chi connectivity index (χ3v) is 4.14. The normalized spacial score (nSPS) is 43.6. The Labute approximate surface area is 103 Å². The molecule has 0 amide bonds. The van der Waals surface area contributed by atoms with Gasteiger partial charge in [-0.25, -0.2) is 8.78 Å². The summed E-state index contributed by atoms with van der Waals surface area (Å²) in [5, 5.41) is 6.79. The van der Waals surface area contributed by atoms with Crippen molar-refractivity contribution in [3.8, 4) is 0 Å². The van der Waals surface area contributed by atoms with Crippen molar-refractivity contribution in [2.24, 2.45) is 11.8 Å². The van der Waals surface area contributed by atoms with Crippen LogP contribution in [0.25, 0.3) is 0 Å². The third kappa shape index (κ3) is 3.38. The quantitative estimate of drug-likeness (QED) is 0.799. The average Bonchev–Trinajstić information content (AvgIpc) is 2.31. The highest BCUT2D eigenvalue weighted by molar-refractivity contribution is 4.89. The summed E-state index contributed by atoms with van der Waals surface area (Å²) < 4.78 is 26.9. The largest absolute Gasteiger partial charge is 0.301 e. The topological polar surface area (TPSA) is 24.1 Å². The molecule has 0 aromatic carbocycles. The lowest BCUT2D eigenvalue weighted by Crippen LogP contribution is -2.58. The molecule has 0 aromatic heterocycles. The Hall–Kier alpha value is -0.220. The van der Waals surface area contributed by atoms with Crippen molar-refractivity contribution in [2.75, 3.05) is 13.1 Å². The maximum Gasteiger partial charge on any atom is 0.108 e. The molecule has 1 saturated heterocycles. The summed E-state index contributed by atoms with van der Waals surface area (Å²) in [4.78, 5) is 0. The van der Waals surface area contributed by atoms with E-state index in [1.807, 2.05) is 0 Å². The van der Waals surface area contributed by atoms with Gasteiger partial charge in [-0.05, 0) is 25.2 Å². The Morgan fingerprint density at radius 1 is 1.12 bits per heavy atom. The van der Waals surface area contributed by atoms with Crippen molar-refractivity contribution < 1.29 is 8.78 Å². The second-order valence-corrected chi connectivity index (χ2v) is 5.54. The molecule has 0 radical (unpaired) electrons. The molecule has 0 spiro atoms. The Balaban J connectivity index is 1.80. The van der Waals surface area contributed by atoms with Gasteiger partial charge in [0.05, 0.1) is 6.17 Å². The summed E-state index contributed by atoms with van der Waals surface area (Å²) in [6.45, 7) is 4.12. The molecule has 0 aromatic rings. The van der Waals surface area contributed by atoms with E-state index in [2.05, 4.69) is 17.6 Å². The molecule has 2 N–H and O–H groups in total. The van der Waals surface area contributed by atoms with E-state index in [9.17, 15) is 8.78 Å². The number of rotatable bonds is 3. The number of halogens is 2. The van der Waals surface area contributed by atoms with E-state index in [1.54, 1.807) is 0 Å². The Morgan fingerprint density at radius 2 is 1.82 bits per heavy atom. The van der Waals surface area contributed by atoms with Gasteiger partial charge in [-0.2, -0.15) is 0 Å². The monoisotopic (exact) mass is 246 g/mol. The van der Waals surface area contributed by atoms with Crippen molar-refractivity contribution in [3.05, 3.63) is 0 Å². The zero-order chi connectivity index (χ0) is 12.3. The first-order valence-corrected chi connectivity index (χ1v) is 6.95. The molecule has 2 aliphatic rings. The fourth-order valence-corrected chi connectivity index (χ4v) is 3.11. The van der Waals surface area contributed by atoms with Gasteiger partial charge in [0.2, 0.25) is 0 Å². The Bertz CT molecular complexity index is 229. The molecule has 1 heterocycles. The molecule has 3 unspecified atom stereocenters. The smallest absolute Gasteiger partial charge is 0.108 e. The molecule has 0 bridgehead atoms. The first-order chi connectivity index (χ1) is 8.20. The maximum absolute atomic E-state index is 13.8. The molecule has 1 aliphatic heterocycles. The van der Waals surface area contributed by atoms with Gasteiger partial charge < -0.3 is 10.6 Å². The van der Waals surface area contributed by atoms with Gasteiger partial charge in [-0.15, -0.1) is 0 Å². The van der Waals surface area contributed by atoms with E-state index < -0.39 is 12.3 Å². The summed E-state index contributed by atoms with van der Waals surface area (Å²) in [5.41, 5.74) is 0. The van der Waals surface area contributed by atoms with Gasteiger partial charge >= 0.3 is 0 Å². The van der Waals surface area contributed by atoms with Crippen LogP contribution in [-0.4, -0.2) is 31.6 Å². The van der Waals surface area contributed by atoms with Gasteiger partial charge in [0.15, 0.2) is 0 Å². The fraction of sp³-hybridized carbons (Fsp3) is 1.00. The average molecular weight is 246 g/mol. The van der Waals surface area contributed by atoms with Crippen LogP contribution in [0.4, 0.5) is 8.78 Å². The van der Waals surface area contributed by atoms with Crippen molar-refractivity contribution in [1.82, 2.24) is 10.6 Å². The van der Waals surface area contributed by atoms with Gasteiger partial charge in [0, 0.05) is 25.4 Å². The maximum atomic E-state index is 13.8. The van der Waals surface area contributed by atoms with Crippen molar-refractivity contribution in [1.29, 1.82) is 0 Å². The van der Waals surface area contributed by atoms with E-state index in [0.717, 1.165) is 13.1 Å². The lowest BCUT2D eigenvalue weighted by Gasteiger charge is -2.39. The fourth-order valence-electron chi connectivity index (χ4n) is 3.11. The number of hydrogen-bond acceptors (Lipinski definition) is 2. The van der Waals surface area contributed by atoms with Crippen LogP contribution in [-0.2, 0) is 0 Å². The summed E-state index contributed by atoms with van der Waals surface area (Å²) in [6.07, 6.45) is 1.78. The van der Waals surface area contributed by atoms with Crippen LogP contribution in [0.5, 0.6) is 0 Å². The van der Waals surface area contributed by atoms with E-state index in [0.29, 0.717) is 18.8 Å². The molecular weight excluding hydrogens is 222 g/mol. The molecule has 100 valence electrons. The highest BCUT2D eigenvalue weighted by Gasteiger charge is 2.37. The molecule has 1 aliphatic carbocycles. The minimum absolute atomic E-state index is 0.0469. The molecule has 1 saturated carbocycles. The van der Waals surface area contributed by atoms with Crippen LogP contribution < -0.4 is 10.6 Å². The molecule has 3 atom stereocenters. The summed E-state index contributed by atoms with van der Waals surface area (Å²) in [7, 11) is 0. The lowest BCUT2D eigenvalue weighted by atomic mass is 9.83. The van der Waals surface area contributed by atoms with Crippen LogP contribution in [0.2, 0.25) is 0 Å². The van der Waals surface area contributed by atoms with E-state index >= 15 is 0 Å². The summed E-state index contributed by atoms with van der Waals surface area (Å²) >= 11 is 0. The highest BCUT2D eigenvalue weighted by atomic mass is 19.1. The zero-order valence-electron chi connectivity index (χ0n) is 10.6. The van der Waals surface area contributed by atoms with E-state index in [4.69, 9.17) is 0 Å².